The lowest BCUT2D eigenvalue weighted by Gasteiger charge is -2.45. The number of hydrogen-bond acceptors (Lipinski definition) is 4. The van der Waals surface area contributed by atoms with Gasteiger partial charge in [0.05, 0.1) is 23.5 Å². The molecule has 1 heterocycles. The summed E-state index contributed by atoms with van der Waals surface area (Å²) in [5, 5.41) is 3.28. The maximum absolute atomic E-state index is 5.65. The quantitative estimate of drug-likeness (QED) is 0.808. The van der Waals surface area contributed by atoms with Crippen LogP contribution < -0.4 is 5.32 Å². The lowest BCUT2D eigenvalue weighted by Crippen LogP contribution is -2.50. The van der Waals surface area contributed by atoms with Crippen molar-refractivity contribution in [1.82, 2.24) is 15.3 Å². The lowest BCUT2D eigenvalue weighted by atomic mass is 9.73. The molecule has 0 aliphatic heterocycles. The molecule has 1 atom stereocenters. The number of rotatable bonds is 4. The second-order valence-corrected chi connectivity index (χ2v) is 3.97. The van der Waals surface area contributed by atoms with Crippen molar-refractivity contribution in [3.8, 4) is 0 Å². The van der Waals surface area contributed by atoms with Crippen LogP contribution in [0.15, 0.2) is 18.6 Å². The smallest absolute Gasteiger partial charge is 0.0888 e. The summed E-state index contributed by atoms with van der Waals surface area (Å²) in [4.78, 5) is 8.44. The monoisotopic (exact) mass is 207 g/mol. The Balaban J connectivity index is 2.24. The molecule has 0 saturated heterocycles. The van der Waals surface area contributed by atoms with E-state index in [1.165, 1.54) is 6.42 Å². The van der Waals surface area contributed by atoms with Crippen molar-refractivity contribution in [2.24, 2.45) is 0 Å². The van der Waals surface area contributed by atoms with Gasteiger partial charge in [-0.15, -0.1) is 0 Å². The Morgan fingerprint density at radius 3 is 2.67 bits per heavy atom. The molecule has 82 valence electrons. The second-order valence-electron chi connectivity index (χ2n) is 3.97. The Hall–Kier alpha value is -1.00. The van der Waals surface area contributed by atoms with Crippen molar-refractivity contribution < 1.29 is 4.74 Å². The Labute approximate surface area is 90.1 Å². The minimum Gasteiger partial charge on any atom is -0.376 e. The van der Waals surface area contributed by atoms with Crippen LogP contribution in [0.3, 0.4) is 0 Å². The molecule has 2 rings (SSSR count). The summed E-state index contributed by atoms with van der Waals surface area (Å²) < 4.78 is 5.65. The highest BCUT2D eigenvalue weighted by Gasteiger charge is 2.45. The van der Waals surface area contributed by atoms with Crippen LogP contribution >= 0.6 is 0 Å². The Morgan fingerprint density at radius 1 is 1.47 bits per heavy atom. The number of aromatic nitrogens is 2. The fraction of sp³-hybridized carbons (Fsp3) is 0.636. The number of ether oxygens (including phenoxy) is 1. The zero-order valence-corrected chi connectivity index (χ0v) is 9.23. The van der Waals surface area contributed by atoms with Crippen LogP contribution in [0.2, 0.25) is 0 Å². The molecule has 1 N–H and O–H groups in total. The Morgan fingerprint density at radius 2 is 2.27 bits per heavy atom. The molecule has 1 saturated carbocycles. The summed E-state index contributed by atoms with van der Waals surface area (Å²) in [5.41, 5.74) is 0.881. The third kappa shape index (κ3) is 1.75. The Bertz CT molecular complexity index is 305. The van der Waals surface area contributed by atoms with E-state index >= 15 is 0 Å². The van der Waals surface area contributed by atoms with Crippen molar-refractivity contribution in [1.29, 1.82) is 0 Å². The van der Waals surface area contributed by atoms with Gasteiger partial charge in [-0.2, -0.15) is 0 Å². The number of likely N-dealkylation sites (N-methyl/N-ethyl adjacent to an activating group) is 1. The summed E-state index contributed by atoms with van der Waals surface area (Å²) in [6.07, 6.45) is 8.63. The molecule has 1 aromatic rings. The van der Waals surface area contributed by atoms with Crippen LogP contribution in [0, 0.1) is 0 Å². The molecule has 0 radical (unpaired) electrons. The number of nitrogens with zero attached hydrogens (tertiary/aromatic N) is 2. The van der Waals surface area contributed by atoms with Crippen molar-refractivity contribution in [3.05, 3.63) is 24.3 Å². The highest BCUT2D eigenvalue weighted by molar-refractivity contribution is 5.12. The van der Waals surface area contributed by atoms with Gasteiger partial charge >= 0.3 is 0 Å². The van der Waals surface area contributed by atoms with E-state index in [-0.39, 0.29) is 11.6 Å². The first-order valence-electron chi connectivity index (χ1n) is 5.31. The fourth-order valence-electron chi connectivity index (χ4n) is 2.28. The van der Waals surface area contributed by atoms with E-state index in [4.69, 9.17) is 4.74 Å². The van der Waals surface area contributed by atoms with Gasteiger partial charge in [-0.05, 0) is 26.3 Å². The SMILES string of the molecule is CNC(c1cnccn1)C1(OC)CCC1. The van der Waals surface area contributed by atoms with Crippen LogP contribution in [0.1, 0.15) is 31.0 Å². The molecule has 0 spiro atoms. The maximum atomic E-state index is 5.65. The van der Waals surface area contributed by atoms with Gasteiger partial charge in [0, 0.05) is 19.5 Å². The average molecular weight is 207 g/mol. The molecular weight excluding hydrogens is 190 g/mol. The molecule has 1 aromatic heterocycles. The van der Waals surface area contributed by atoms with Gasteiger partial charge in [-0.1, -0.05) is 0 Å². The molecule has 1 fully saturated rings. The van der Waals surface area contributed by atoms with Crippen molar-refractivity contribution >= 4 is 0 Å². The van der Waals surface area contributed by atoms with Crippen LogP contribution in [-0.4, -0.2) is 29.7 Å². The fourth-order valence-corrected chi connectivity index (χ4v) is 2.28. The predicted octanol–water partition coefficient (Wildman–Crippen LogP) is 1.31. The minimum absolute atomic E-state index is 0.0786. The summed E-state index contributed by atoms with van der Waals surface area (Å²) in [6, 6.07) is 0.143. The van der Waals surface area contributed by atoms with Gasteiger partial charge in [0.25, 0.3) is 0 Å². The van der Waals surface area contributed by atoms with Crippen LogP contribution in [0.5, 0.6) is 0 Å². The largest absolute Gasteiger partial charge is 0.376 e. The third-order valence-corrected chi connectivity index (χ3v) is 3.30. The standard InChI is InChI=1S/C11H17N3O/c1-12-10(9-8-13-6-7-14-9)11(15-2)4-3-5-11/h6-8,10,12H,3-5H2,1-2H3. The number of nitrogens with one attached hydrogen (secondary N) is 1. The minimum atomic E-state index is -0.0786. The predicted molar refractivity (Wildman–Crippen MR) is 57.4 cm³/mol. The van der Waals surface area contributed by atoms with E-state index in [9.17, 15) is 0 Å². The summed E-state index contributed by atoms with van der Waals surface area (Å²) >= 11 is 0. The highest BCUT2D eigenvalue weighted by atomic mass is 16.5. The van der Waals surface area contributed by atoms with Gasteiger partial charge in [-0.25, -0.2) is 0 Å². The molecule has 0 amide bonds. The average Bonchev–Trinajstić information content (AvgIpc) is 2.24. The first kappa shape index (κ1) is 10.5. The summed E-state index contributed by atoms with van der Waals surface area (Å²) in [6.45, 7) is 0. The van der Waals surface area contributed by atoms with Crippen LogP contribution in [-0.2, 0) is 4.74 Å². The molecule has 4 nitrogen and oxygen atoms in total. The Kier molecular flexibility index (Phi) is 2.98. The summed E-state index contributed by atoms with van der Waals surface area (Å²) in [7, 11) is 3.72. The molecule has 1 aliphatic carbocycles. The third-order valence-electron chi connectivity index (χ3n) is 3.30. The van der Waals surface area contributed by atoms with E-state index < -0.39 is 0 Å². The van der Waals surface area contributed by atoms with E-state index in [1.54, 1.807) is 25.7 Å². The van der Waals surface area contributed by atoms with Crippen molar-refractivity contribution in [2.45, 2.75) is 30.9 Å². The summed E-state index contributed by atoms with van der Waals surface area (Å²) in [5.74, 6) is 0. The van der Waals surface area contributed by atoms with Gasteiger partial charge < -0.3 is 10.1 Å². The topological polar surface area (TPSA) is 47.0 Å². The molecule has 15 heavy (non-hydrogen) atoms. The van der Waals surface area contributed by atoms with E-state index in [0.29, 0.717) is 0 Å². The zero-order chi connectivity index (χ0) is 10.7. The van der Waals surface area contributed by atoms with Gasteiger partial charge in [0.1, 0.15) is 0 Å². The van der Waals surface area contributed by atoms with Gasteiger partial charge in [0.2, 0.25) is 0 Å². The van der Waals surface area contributed by atoms with Crippen LogP contribution in [0.4, 0.5) is 0 Å². The molecule has 1 unspecified atom stereocenters. The molecule has 0 aromatic carbocycles. The number of methoxy groups -OCH3 is 1. The first-order chi connectivity index (χ1) is 7.32. The van der Waals surface area contributed by atoms with E-state index in [0.717, 1.165) is 18.5 Å². The van der Waals surface area contributed by atoms with Gasteiger partial charge in [0.15, 0.2) is 0 Å². The van der Waals surface area contributed by atoms with Crippen molar-refractivity contribution in [3.63, 3.8) is 0 Å². The van der Waals surface area contributed by atoms with E-state index in [2.05, 4.69) is 15.3 Å². The molecular formula is C11H17N3O. The highest BCUT2D eigenvalue weighted by Crippen LogP contribution is 2.43. The number of hydrogen-bond donors (Lipinski definition) is 1. The molecule has 1 aliphatic rings. The van der Waals surface area contributed by atoms with Crippen LogP contribution in [0.25, 0.3) is 0 Å². The maximum Gasteiger partial charge on any atom is 0.0888 e. The normalized spacial score (nSPS) is 20.7. The first-order valence-corrected chi connectivity index (χ1v) is 5.31. The lowest BCUT2D eigenvalue weighted by molar-refractivity contribution is -0.0992. The molecule has 0 bridgehead atoms. The van der Waals surface area contributed by atoms with Gasteiger partial charge in [-0.3, -0.25) is 9.97 Å². The molecule has 4 heteroatoms. The zero-order valence-electron chi connectivity index (χ0n) is 9.23. The van der Waals surface area contributed by atoms with E-state index in [1.807, 2.05) is 7.05 Å². The second kappa shape index (κ2) is 4.24. The van der Waals surface area contributed by atoms with Crippen molar-refractivity contribution in [2.75, 3.05) is 14.2 Å².